The summed E-state index contributed by atoms with van der Waals surface area (Å²) in [6.45, 7) is 12.5. The lowest BCUT2D eigenvalue weighted by Gasteiger charge is -2.49. The molecule has 0 aromatic heterocycles. The second kappa shape index (κ2) is 4.87. The van der Waals surface area contributed by atoms with Crippen LogP contribution in [-0.2, 0) is 4.74 Å². The Morgan fingerprint density at radius 3 is 2.69 bits per heavy atom. The summed E-state index contributed by atoms with van der Waals surface area (Å²) >= 11 is 2.14. The van der Waals surface area contributed by atoms with Gasteiger partial charge in [0, 0.05) is 24.9 Å². The second-order valence-electron chi connectivity index (χ2n) is 5.67. The lowest BCUT2D eigenvalue weighted by molar-refractivity contribution is -0.0533. The van der Waals surface area contributed by atoms with Crippen LogP contribution in [0.3, 0.4) is 0 Å². The van der Waals surface area contributed by atoms with Gasteiger partial charge in [0.05, 0.1) is 11.5 Å². The molecule has 0 radical (unpaired) electrons. The van der Waals surface area contributed by atoms with Gasteiger partial charge in [0.1, 0.15) is 0 Å². The molecule has 1 spiro atoms. The zero-order valence-electron chi connectivity index (χ0n) is 11.0. The Kier molecular flexibility index (Phi) is 3.87. The highest BCUT2D eigenvalue weighted by Gasteiger charge is 2.51. The first-order valence-electron chi connectivity index (χ1n) is 6.56. The molecule has 0 bridgehead atoms. The zero-order valence-corrected chi connectivity index (χ0v) is 11.8. The highest BCUT2D eigenvalue weighted by Crippen LogP contribution is 2.49. The van der Waals surface area contributed by atoms with Crippen LogP contribution in [0.15, 0.2) is 0 Å². The van der Waals surface area contributed by atoms with Crippen molar-refractivity contribution in [2.45, 2.75) is 45.0 Å². The number of rotatable bonds is 2. The summed E-state index contributed by atoms with van der Waals surface area (Å²) in [5.74, 6) is 2.82. The van der Waals surface area contributed by atoms with Crippen LogP contribution in [0, 0.1) is 11.8 Å². The van der Waals surface area contributed by atoms with Crippen molar-refractivity contribution in [1.82, 2.24) is 4.90 Å². The van der Waals surface area contributed by atoms with Crippen molar-refractivity contribution >= 4 is 11.8 Å². The first-order valence-corrected chi connectivity index (χ1v) is 7.55. The fraction of sp³-hybridized carbons (Fsp3) is 1.00. The van der Waals surface area contributed by atoms with Gasteiger partial charge in [-0.15, -0.1) is 11.8 Å². The number of hydrogen-bond donors (Lipinski definition) is 0. The number of ether oxygens (including phenoxy) is 1. The summed E-state index contributed by atoms with van der Waals surface area (Å²) in [6, 6.07) is 0.637. The summed E-state index contributed by atoms with van der Waals surface area (Å²) in [5, 5.41) is 0. The van der Waals surface area contributed by atoms with Crippen molar-refractivity contribution in [1.29, 1.82) is 0 Å². The molecule has 0 N–H and O–H groups in total. The van der Waals surface area contributed by atoms with Gasteiger partial charge in [0.2, 0.25) is 0 Å². The fourth-order valence-electron chi connectivity index (χ4n) is 3.35. The third kappa shape index (κ3) is 2.02. The first kappa shape index (κ1) is 12.7. The fourth-order valence-corrected chi connectivity index (χ4v) is 5.23. The van der Waals surface area contributed by atoms with Gasteiger partial charge in [0.15, 0.2) is 0 Å². The van der Waals surface area contributed by atoms with Gasteiger partial charge in [-0.3, -0.25) is 4.90 Å². The van der Waals surface area contributed by atoms with Gasteiger partial charge >= 0.3 is 0 Å². The minimum Gasteiger partial charge on any atom is -0.379 e. The molecule has 2 heterocycles. The van der Waals surface area contributed by atoms with Gasteiger partial charge in [-0.05, 0) is 32.1 Å². The van der Waals surface area contributed by atoms with Crippen molar-refractivity contribution in [2.75, 3.05) is 25.5 Å². The Morgan fingerprint density at radius 2 is 2.06 bits per heavy atom. The maximum absolute atomic E-state index is 5.81. The van der Waals surface area contributed by atoms with Crippen LogP contribution in [-0.4, -0.2) is 41.3 Å². The molecule has 2 fully saturated rings. The predicted octanol–water partition coefficient (Wildman–Crippen LogP) is 2.83. The van der Waals surface area contributed by atoms with E-state index in [4.69, 9.17) is 4.74 Å². The Hall–Kier alpha value is 0.270. The molecule has 0 saturated carbocycles. The molecule has 3 heteroatoms. The molecular weight excluding hydrogens is 218 g/mol. The molecule has 2 saturated heterocycles. The predicted molar refractivity (Wildman–Crippen MR) is 70.8 cm³/mol. The third-order valence-electron chi connectivity index (χ3n) is 4.06. The largest absolute Gasteiger partial charge is 0.379 e. The number of thioether (sulfide) groups is 1. The van der Waals surface area contributed by atoms with E-state index in [1.807, 2.05) is 0 Å². The molecular formula is C13H25NOS. The van der Waals surface area contributed by atoms with Gasteiger partial charge < -0.3 is 4.74 Å². The van der Waals surface area contributed by atoms with E-state index in [0.29, 0.717) is 6.04 Å². The Labute approximate surface area is 104 Å². The van der Waals surface area contributed by atoms with E-state index in [-0.39, 0.29) is 4.87 Å². The Balaban J connectivity index is 2.24. The van der Waals surface area contributed by atoms with Crippen LogP contribution in [0.5, 0.6) is 0 Å². The summed E-state index contributed by atoms with van der Waals surface area (Å²) in [4.78, 5) is 2.96. The molecule has 2 aliphatic rings. The molecule has 2 nitrogen and oxygen atoms in total. The maximum Gasteiger partial charge on any atom is 0.0940 e. The highest BCUT2D eigenvalue weighted by atomic mass is 32.2. The van der Waals surface area contributed by atoms with E-state index < -0.39 is 0 Å². The van der Waals surface area contributed by atoms with E-state index in [0.717, 1.165) is 25.0 Å². The van der Waals surface area contributed by atoms with E-state index in [9.17, 15) is 0 Å². The van der Waals surface area contributed by atoms with Crippen molar-refractivity contribution < 1.29 is 4.74 Å². The van der Waals surface area contributed by atoms with Crippen LogP contribution in [0.1, 0.15) is 34.1 Å². The van der Waals surface area contributed by atoms with E-state index >= 15 is 0 Å². The summed E-state index contributed by atoms with van der Waals surface area (Å²) in [6.07, 6.45) is 1.23. The molecule has 2 atom stereocenters. The molecule has 2 rings (SSSR count). The molecule has 0 aliphatic carbocycles. The average Bonchev–Trinajstić information content (AvgIpc) is 2.62. The average molecular weight is 243 g/mol. The van der Waals surface area contributed by atoms with Crippen molar-refractivity contribution in [3.8, 4) is 0 Å². The Morgan fingerprint density at radius 1 is 1.31 bits per heavy atom. The standard InChI is InChI=1S/C13H25NOS/c1-10(2)12-5-7-15-9-13(12)14(11(3)4)6-8-16-13/h10-12H,5-9H2,1-4H3/t12-,13+/m1/s1. The smallest absolute Gasteiger partial charge is 0.0940 e. The van der Waals surface area contributed by atoms with Crippen LogP contribution >= 0.6 is 11.8 Å². The quantitative estimate of drug-likeness (QED) is 0.740. The minimum atomic E-state index is 0.278. The van der Waals surface area contributed by atoms with E-state index in [2.05, 4.69) is 44.4 Å². The van der Waals surface area contributed by atoms with Crippen molar-refractivity contribution in [3.63, 3.8) is 0 Å². The summed E-state index contributed by atoms with van der Waals surface area (Å²) in [7, 11) is 0. The molecule has 0 unspecified atom stereocenters. The molecule has 16 heavy (non-hydrogen) atoms. The first-order chi connectivity index (χ1) is 7.58. The molecule has 0 amide bonds. The van der Waals surface area contributed by atoms with Gasteiger partial charge in [0.25, 0.3) is 0 Å². The molecule has 94 valence electrons. The van der Waals surface area contributed by atoms with Gasteiger partial charge in [-0.2, -0.15) is 0 Å². The van der Waals surface area contributed by atoms with Crippen LogP contribution in [0.4, 0.5) is 0 Å². The van der Waals surface area contributed by atoms with E-state index in [1.165, 1.54) is 18.7 Å². The second-order valence-corrected chi connectivity index (χ2v) is 7.08. The highest BCUT2D eigenvalue weighted by molar-refractivity contribution is 8.00. The lowest BCUT2D eigenvalue weighted by Crippen LogP contribution is -2.57. The monoisotopic (exact) mass is 243 g/mol. The van der Waals surface area contributed by atoms with Crippen LogP contribution in [0.2, 0.25) is 0 Å². The van der Waals surface area contributed by atoms with Crippen LogP contribution < -0.4 is 0 Å². The number of nitrogens with zero attached hydrogens (tertiary/aromatic N) is 1. The molecule has 2 aliphatic heterocycles. The van der Waals surface area contributed by atoms with Crippen molar-refractivity contribution in [2.24, 2.45) is 11.8 Å². The normalized spacial score (nSPS) is 36.8. The number of hydrogen-bond acceptors (Lipinski definition) is 3. The topological polar surface area (TPSA) is 12.5 Å². The summed E-state index contributed by atoms with van der Waals surface area (Å²) < 4.78 is 5.81. The third-order valence-corrected chi connectivity index (χ3v) is 5.60. The van der Waals surface area contributed by atoms with Gasteiger partial charge in [-0.1, -0.05) is 13.8 Å². The SMILES string of the molecule is CC(C)[C@H]1CCOC[C@]12SCCN2C(C)C. The molecule has 0 aromatic rings. The minimum absolute atomic E-state index is 0.278. The van der Waals surface area contributed by atoms with E-state index in [1.54, 1.807) is 0 Å². The maximum atomic E-state index is 5.81. The Bertz CT molecular complexity index is 244. The van der Waals surface area contributed by atoms with Crippen LogP contribution in [0.25, 0.3) is 0 Å². The lowest BCUT2D eigenvalue weighted by atomic mass is 9.83. The summed E-state index contributed by atoms with van der Waals surface area (Å²) in [5.41, 5.74) is 0. The van der Waals surface area contributed by atoms with Gasteiger partial charge in [-0.25, -0.2) is 0 Å². The zero-order chi connectivity index (χ0) is 11.8. The molecule has 0 aromatic carbocycles. The van der Waals surface area contributed by atoms with Crippen molar-refractivity contribution in [3.05, 3.63) is 0 Å².